The van der Waals surface area contributed by atoms with Crippen LogP contribution in [0.25, 0.3) is 0 Å². The lowest BCUT2D eigenvalue weighted by Crippen LogP contribution is -2.40. The van der Waals surface area contributed by atoms with Crippen molar-refractivity contribution in [3.63, 3.8) is 0 Å². The normalized spacial score (nSPS) is 24.3. The number of hydrogen-bond donors (Lipinski definition) is 0. The summed E-state index contributed by atoms with van der Waals surface area (Å²) in [6.07, 6.45) is 2.50. The number of nitrogens with zero attached hydrogens (tertiary/aromatic N) is 3. The van der Waals surface area contributed by atoms with Gasteiger partial charge in [-0.05, 0) is 25.3 Å². The predicted molar refractivity (Wildman–Crippen MR) is 81.4 cm³/mol. The summed E-state index contributed by atoms with van der Waals surface area (Å²) in [5.74, 6) is 2.15. The Morgan fingerprint density at radius 2 is 2.05 bits per heavy atom. The Morgan fingerprint density at radius 3 is 2.82 bits per heavy atom. The van der Waals surface area contributed by atoms with Crippen LogP contribution in [0.1, 0.15) is 55.1 Å². The predicted octanol–water partition coefficient (Wildman–Crippen LogP) is 3.08. The van der Waals surface area contributed by atoms with Gasteiger partial charge in [-0.1, -0.05) is 35.5 Å². The zero-order valence-corrected chi connectivity index (χ0v) is 12.8. The second-order valence-corrected chi connectivity index (χ2v) is 6.21. The summed E-state index contributed by atoms with van der Waals surface area (Å²) in [6.45, 7) is 4.61. The van der Waals surface area contributed by atoms with Gasteiger partial charge in [0.15, 0.2) is 5.82 Å². The molecule has 5 heteroatoms. The number of ether oxygens (including phenoxy) is 1. The molecule has 0 spiro atoms. The van der Waals surface area contributed by atoms with Crippen LogP contribution in [0.4, 0.5) is 0 Å². The highest BCUT2D eigenvalue weighted by atomic mass is 16.5. The SMILES string of the molecule is C[C@H](c1nc(C2CC2)no1)N1CCO[C@H](c2ccccc2)C1. The van der Waals surface area contributed by atoms with Crippen LogP contribution in [-0.2, 0) is 4.74 Å². The molecular weight excluding hydrogens is 278 g/mol. The molecule has 5 nitrogen and oxygen atoms in total. The first-order valence-electron chi connectivity index (χ1n) is 8.05. The average molecular weight is 299 g/mol. The molecule has 0 radical (unpaired) electrons. The van der Waals surface area contributed by atoms with Crippen molar-refractivity contribution in [1.29, 1.82) is 0 Å². The van der Waals surface area contributed by atoms with E-state index in [-0.39, 0.29) is 12.1 Å². The first kappa shape index (κ1) is 13.9. The Morgan fingerprint density at radius 1 is 1.23 bits per heavy atom. The molecule has 2 aromatic rings. The Hall–Kier alpha value is -1.72. The summed E-state index contributed by atoms with van der Waals surface area (Å²) in [4.78, 5) is 6.95. The lowest BCUT2D eigenvalue weighted by molar-refractivity contribution is -0.0469. The van der Waals surface area contributed by atoms with E-state index in [1.165, 1.54) is 18.4 Å². The third-order valence-electron chi connectivity index (χ3n) is 4.57. The van der Waals surface area contributed by atoms with E-state index < -0.39 is 0 Å². The molecular formula is C17H21N3O2. The molecule has 1 aliphatic carbocycles. The fourth-order valence-electron chi connectivity index (χ4n) is 2.97. The third-order valence-corrected chi connectivity index (χ3v) is 4.57. The van der Waals surface area contributed by atoms with Crippen LogP contribution in [0.15, 0.2) is 34.9 Å². The summed E-state index contributed by atoms with van der Waals surface area (Å²) in [5.41, 5.74) is 1.23. The molecule has 2 fully saturated rings. The maximum atomic E-state index is 5.93. The Kier molecular flexibility index (Phi) is 3.68. The topological polar surface area (TPSA) is 51.4 Å². The van der Waals surface area contributed by atoms with Crippen molar-refractivity contribution >= 4 is 0 Å². The van der Waals surface area contributed by atoms with Gasteiger partial charge in [0.05, 0.1) is 18.8 Å². The van der Waals surface area contributed by atoms with Crippen LogP contribution in [0.2, 0.25) is 0 Å². The zero-order chi connectivity index (χ0) is 14.9. The molecule has 1 saturated carbocycles. The molecule has 116 valence electrons. The summed E-state index contributed by atoms with van der Waals surface area (Å²) in [5, 5.41) is 4.13. The maximum absolute atomic E-state index is 5.93. The molecule has 4 rings (SSSR count). The Labute approximate surface area is 130 Å². The molecule has 2 aliphatic rings. The highest BCUT2D eigenvalue weighted by Gasteiger charge is 2.32. The van der Waals surface area contributed by atoms with Crippen molar-refractivity contribution in [2.75, 3.05) is 19.7 Å². The van der Waals surface area contributed by atoms with Gasteiger partial charge < -0.3 is 9.26 Å². The maximum Gasteiger partial charge on any atom is 0.243 e. The van der Waals surface area contributed by atoms with Gasteiger partial charge in [0.25, 0.3) is 0 Å². The van der Waals surface area contributed by atoms with Crippen molar-refractivity contribution < 1.29 is 9.26 Å². The van der Waals surface area contributed by atoms with Gasteiger partial charge in [-0.2, -0.15) is 4.98 Å². The lowest BCUT2D eigenvalue weighted by atomic mass is 10.1. The van der Waals surface area contributed by atoms with E-state index in [1.807, 2.05) is 6.07 Å². The molecule has 1 aliphatic heterocycles. The largest absolute Gasteiger partial charge is 0.371 e. The standard InChI is InChI=1S/C17H21N3O2/c1-12(17-18-16(19-22-17)14-7-8-14)20-9-10-21-15(11-20)13-5-3-2-4-6-13/h2-6,12,14-15H,7-11H2,1H3/t12-,15+/m1/s1. The van der Waals surface area contributed by atoms with Gasteiger partial charge in [-0.25, -0.2) is 0 Å². The van der Waals surface area contributed by atoms with Crippen molar-refractivity contribution in [1.82, 2.24) is 15.0 Å². The van der Waals surface area contributed by atoms with Crippen LogP contribution in [0.5, 0.6) is 0 Å². The van der Waals surface area contributed by atoms with E-state index in [9.17, 15) is 0 Å². The zero-order valence-electron chi connectivity index (χ0n) is 12.8. The quantitative estimate of drug-likeness (QED) is 0.868. The number of hydrogen-bond acceptors (Lipinski definition) is 5. The minimum absolute atomic E-state index is 0.114. The second-order valence-electron chi connectivity index (χ2n) is 6.21. The van der Waals surface area contributed by atoms with E-state index in [0.717, 1.165) is 31.4 Å². The molecule has 1 saturated heterocycles. The van der Waals surface area contributed by atoms with Crippen LogP contribution in [0.3, 0.4) is 0 Å². The van der Waals surface area contributed by atoms with Crippen LogP contribution < -0.4 is 0 Å². The first-order valence-corrected chi connectivity index (χ1v) is 8.05. The first-order chi connectivity index (χ1) is 10.8. The van der Waals surface area contributed by atoms with Gasteiger partial charge in [0.1, 0.15) is 0 Å². The smallest absolute Gasteiger partial charge is 0.243 e. The molecule has 22 heavy (non-hydrogen) atoms. The Balaban J connectivity index is 1.46. The van der Waals surface area contributed by atoms with Crippen molar-refractivity contribution in [2.45, 2.75) is 37.8 Å². The molecule has 0 amide bonds. The van der Waals surface area contributed by atoms with Gasteiger partial charge in [-0.3, -0.25) is 4.90 Å². The molecule has 0 N–H and O–H groups in total. The summed E-state index contributed by atoms with van der Waals surface area (Å²) in [7, 11) is 0. The van der Waals surface area contributed by atoms with Crippen molar-refractivity contribution in [3.8, 4) is 0 Å². The number of morpholine rings is 1. The average Bonchev–Trinajstić information content (AvgIpc) is 3.32. The lowest BCUT2D eigenvalue weighted by Gasteiger charge is -2.35. The Bertz CT molecular complexity index is 624. The molecule has 0 unspecified atom stereocenters. The fraction of sp³-hybridized carbons (Fsp3) is 0.529. The molecule has 0 bridgehead atoms. The molecule has 2 heterocycles. The highest BCUT2D eigenvalue weighted by molar-refractivity contribution is 5.18. The van der Waals surface area contributed by atoms with Gasteiger partial charge in [0.2, 0.25) is 5.89 Å². The van der Waals surface area contributed by atoms with E-state index in [2.05, 4.69) is 46.2 Å². The van der Waals surface area contributed by atoms with Gasteiger partial charge in [0, 0.05) is 19.0 Å². The minimum Gasteiger partial charge on any atom is -0.371 e. The molecule has 1 aromatic carbocycles. The van der Waals surface area contributed by atoms with E-state index in [4.69, 9.17) is 9.26 Å². The summed E-state index contributed by atoms with van der Waals surface area (Å²) in [6, 6.07) is 10.5. The number of rotatable bonds is 4. The number of aromatic nitrogens is 2. The summed E-state index contributed by atoms with van der Waals surface area (Å²) >= 11 is 0. The highest BCUT2D eigenvalue weighted by Crippen LogP contribution is 2.39. The van der Waals surface area contributed by atoms with Crippen LogP contribution in [-0.4, -0.2) is 34.7 Å². The number of benzene rings is 1. The monoisotopic (exact) mass is 299 g/mol. The fourth-order valence-corrected chi connectivity index (χ4v) is 2.97. The van der Waals surface area contributed by atoms with Crippen LogP contribution in [0, 0.1) is 0 Å². The van der Waals surface area contributed by atoms with E-state index in [0.29, 0.717) is 5.92 Å². The molecule has 2 atom stereocenters. The molecule has 1 aromatic heterocycles. The van der Waals surface area contributed by atoms with E-state index >= 15 is 0 Å². The van der Waals surface area contributed by atoms with Crippen molar-refractivity contribution in [3.05, 3.63) is 47.6 Å². The van der Waals surface area contributed by atoms with E-state index in [1.54, 1.807) is 0 Å². The summed E-state index contributed by atoms with van der Waals surface area (Å²) < 4.78 is 11.4. The van der Waals surface area contributed by atoms with Gasteiger partial charge >= 0.3 is 0 Å². The van der Waals surface area contributed by atoms with Crippen molar-refractivity contribution in [2.24, 2.45) is 0 Å². The minimum atomic E-state index is 0.114. The third kappa shape index (κ3) is 2.78. The second kappa shape index (κ2) is 5.82. The van der Waals surface area contributed by atoms with Gasteiger partial charge in [-0.15, -0.1) is 0 Å². The van der Waals surface area contributed by atoms with Crippen LogP contribution >= 0.6 is 0 Å².